The quantitative estimate of drug-likeness (QED) is 0.855. The van der Waals surface area contributed by atoms with E-state index < -0.39 is 0 Å². The number of fused-ring (bicyclic) bond motifs is 1. The van der Waals surface area contributed by atoms with Crippen LogP contribution in [0.4, 0.5) is 11.4 Å². The Bertz CT molecular complexity index is 595. The number of halogens is 1. The third-order valence-electron chi connectivity index (χ3n) is 3.56. The molecule has 1 heterocycles. The van der Waals surface area contributed by atoms with Crippen molar-refractivity contribution in [1.82, 2.24) is 5.32 Å². The smallest absolute Gasteiger partial charge is 0.0456 e. The van der Waals surface area contributed by atoms with Crippen LogP contribution in [0.1, 0.15) is 11.1 Å². The molecule has 0 amide bonds. The summed E-state index contributed by atoms with van der Waals surface area (Å²) in [5, 5.41) is 3.48. The molecule has 0 aromatic heterocycles. The number of benzene rings is 2. The largest absolute Gasteiger partial charge is 0.340 e. The predicted octanol–water partition coefficient (Wildman–Crippen LogP) is 4.00. The van der Waals surface area contributed by atoms with Crippen molar-refractivity contribution in [1.29, 1.82) is 0 Å². The summed E-state index contributed by atoms with van der Waals surface area (Å²) >= 11 is 3.54. The van der Waals surface area contributed by atoms with Crippen molar-refractivity contribution in [2.75, 3.05) is 18.0 Å². The van der Waals surface area contributed by atoms with Crippen LogP contribution in [0.3, 0.4) is 0 Å². The van der Waals surface area contributed by atoms with E-state index in [1.165, 1.54) is 22.5 Å². The number of nitrogens with one attached hydrogen (secondary N) is 1. The van der Waals surface area contributed by atoms with Crippen LogP contribution in [0, 0.1) is 6.92 Å². The average molecular weight is 317 g/mol. The van der Waals surface area contributed by atoms with Gasteiger partial charge in [-0.05, 0) is 42.3 Å². The van der Waals surface area contributed by atoms with E-state index in [1.54, 1.807) is 0 Å². The lowest BCUT2D eigenvalue weighted by atomic mass is 10.1. The first-order chi connectivity index (χ1) is 9.25. The lowest BCUT2D eigenvalue weighted by Crippen LogP contribution is -2.25. The fraction of sp³-hybridized carbons (Fsp3) is 0.250. The number of hydrogen-bond acceptors (Lipinski definition) is 2. The van der Waals surface area contributed by atoms with Crippen molar-refractivity contribution in [3.63, 3.8) is 0 Å². The summed E-state index contributed by atoms with van der Waals surface area (Å²) in [6.07, 6.45) is 0. The molecule has 1 aliphatic heterocycles. The molecular formula is C16H17BrN2. The van der Waals surface area contributed by atoms with Crippen LogP contribution < -0.4 is 10.2 Å². The summed E-state index contributed by atoms with van der Waals surface area (Å²) in [6.45, 7) is 5.12. The van der Waals surface area contributed by atoms with Gasteiger partial charge >= 0.3 is 0 Å². The zero-order valence-electron chi connectivity index (χ0n) is 11.0. The molecule has 2 aromatic carbocycles. The van der Waals surface area contributed by atoms with E-state index in [1.807, 2.05) is 0 Å². The predicted molar refractivity (Wildman–Crippen MR) is 84.0 cm³/mol. The molecule has 3 heteroatoms. The second kappa shape index (κ2) is 5.35. The molecule has 1 aliphatic rings. The maximum atomic E-state index is 3.54. The summed E-state index contributed by atoms with van der Waals surface area (Å²) in [6, 6.07) is 15.1. The van der Waals surface area contributed by atoms with Crippen LogP contribution in [0.5, 0.6) is 0 Å². The molecule has 98 valence electrons. The Labute approximate surface area is 122 Å². The molecule has 0 fully saturated rings. The van der Waals surface area contributed by atoms with E-state index in [2.05, 4.69) is 75.5 Å². The highest BCUT2D eigenvalue weighted by Crippen LogP contribution is 2.33. The minimum atomic E-state index is 0.947. The highest BCUT2D eigenvalue weighted by atomic mass is 79.9. The standard InChI is InChI=1S/C16H17BrN2/c1-12-10-14(17)6-7-15(12)19-9-8-18-11-13-4-2-3-5-16(13)19/h2-7,10,18H,8-9,11H2,1H3. The summed E-state index contributed by atoms with van der Waals surface area (Å²) in [5.74, 6) is 0. The molecule has 0 saturated carbocycles. The topological polar surface area (TPSA) is 15.3 Å². The molecule has 2 aromatic rings. The van der Waals surface area contributed by atoms with E-state index in [0.29, 0.717) is 0 Å². The van der Waals surface area contributed by atoms with Gasteiger partial charge in [0.25, 0.3) is 0 Å². The summed E-state index contributed by atoms with van der Waals surface area (Å²) in [4.78, 5) is 2.41. The molecule has 0 unspecified atom stereocenters. The van der Waals surface area contributed by atoms with Gasteiger partial charge in [-0.2, -0.15) is 0 Å². The summed E-state index contributed by atoms with van der Waals surface area (Å²) < 4.78 is 1.13. The molecule has 19 heavy (non-hydrogen) atoms. The number of aryl methyl sites for hydroxylation is 1. The molecule has 0 spiro atoms. The van der Waals surface area contributed by atoms with Gasteiger partial charge in [-0.15, -0.1) is 0 Å². The highest BCUT2D eigenvalue weighted by molar-refractivity contribution is 9.10. The van der Waals surface area contributed by atoms with Gasteiger partial charge in [0.2, 0.25) is 0 Å². The Morgan fingerprint density at radius 3 is 2.79 bits per heavy atom. The van der Waals surface area contributed by atoms with Crippen LogP contribution in [0.2, 0.25) is 0 Å². The highest BCUT2D eigenvalue weighted by Gasteiger charge is 2.17. The second-order valence-corrected chi connectivity index (χ2v) is 5.80. The second-order valence-electron chi connectivity index (χ2n) is 4.89. The average Bonchev–Trinajstić information content (AvgIpc) is 2.61. The monoisotopic (exact) mass is 316 g/mol. The zero-order valence-corrected chi connectivity index (χ0v) is 12.6. The first-order valence-electron chi connectivity index (χ1n) is 6.58. The molecule has 0 saturated heterocycles. The van der Waals surface area contributed by atoms with Crippen molar-refractivity contribution >= 4 is 27.3 Å². The van der Waals surface area contributed by atoms with Gasteiger partial charge in [0.1, 0.15) is 0 Å². The van der Waals surface area contributed by atoms with Crippen molar-refractivity contribution in [3.8, 4) is 0 Å². The summed E-state index contributed by atoms with van der Waals surface area (Å²) in [5.41, 5.74) is 5.27. The molecule has 0 radical (unpaired) electrons. The lowest BCUT2D eigenvalue weighted by Gasteiger charge is -2.26. The maximum absolute atomic E-state index is 3.54. The Kier molecular flexibility index (Phi) is 3.58. The molecule has 2 nitrogen and oxygen atoms in total. The fourth-order valence-electron chi connectivity index (χ4n) is 2.63. The van der Waals surface area contributed by atoms with Crippen molar-refractivity contribution in [3.05, 3.63) is 58.1 Å². The first kappa shape index (κ1) is 12.7. The first-order valence-corrected chi connectivity index (χ1v) is 7.37. The SMILES string of the molecule is Cc1cc(Br)ccc1N1CCNCc2ccccc21. The fourth-order valence-corrected chi connectivity index (χ4v) is 3.11. The number of rotatable bonds is 1. The Hall–Kier alpha value is -1.32. The van der Waals surface area contributed by atoms with Gasteiger partial charge in [0.05, 0.1) is 0 Å². The Balaban J connectivity index is 2.09. The molecular weight excluding hydrogens is 300 g/mol. The van der Waals surface area contributed by atoms with E-state index >= 15 is 0 Å². The van der Waals surface area contributed by atoms with E-state index in [9.17, 15) is 0 Å². The molecule has 3 rings (SSSR count). The van der Waals surface area contributed by atoms with Crippen molar-refractivity contribution in [2.45, 2.75) is 13.5 Å². The minimum Gasteiger partial charge on any atom is -0.340 e. The van der Waals surface area contributed by atoms with Crippen LogP contribution in [-0.2, 0) is 6.54 Å². The van der Waals surface area contributed by atoms with Crippen LogP contribution in [0.15, 0.2) is 46.9 Å². The van der Waals surface area contributed by atoms with Gasteiger partial charge in [0.15, 0.2) is 0 Å². The Morgan fingerprint density at radius 2 is 1.95 bits per heavy atom. The number of nitrogens with zero attached hydrogens (tertiary/aromatic N) is 1. The normalized spacial score (nSPS) is 14.9. The van der Waals surface area contributed by atoms with Crippen molar-refractivity contribution < 1.29 is 0 Å². The number of hydrogen-bond donors (Lipinski definition) is 1. The van der Waals surface area contributed by atoms with E-state index in [-0.39, 0.29) is 0 Å². The molecule has 1 N–H and O–H groups in total. The van der Waals surface area contributed by atoms with Gasteiger partial charge in [-0.3, -0.25) is 0 Å². The minimum absolute atomic E-state index is 0.947. The molecule has 0 atom stereocenters. The molecule has 0 aliphatic carbocycles. The van der Waals surface area contributed by atoms with Gasteiger partial charge in [-0.25, -0.2) is 0 Å². The maximum Gasteiger partial charge on any atom is 0.0456 e. The van der Waals surface area contributed by atoms with E-state index in [0.717, 1.165) is 24.1 Å². The van der Waals surface area contributed by atoms with Crippen LogP contribution >= 0.6 is 15.9 Å². The Morgan fingerprint density at radius 1 is 1.11 bits per heavy atom. The van der Waals surface area contributed by atoms with Crippen LogP contribution in [-0.4, -0.2) is 13.1 Å². The number of para-hydroxylation sites is 1. The lowest BCUT2D eigenvalue weighted by molar-refractivity contribution is 0.712. The zero-order chi connectivity index (χ0) is 13.2. The van der Waals surface area contributed by atoms with Crippen LogP contribution in [0.25, 0.3) is 0 Å². The summed E-state index contributed by atoms with van der Waals surface area (Å²) in [7, 11) is 0. The number of anilines is 2. The van der Waals surface area contributed by atoms with Crippen molar-refractivity contribution in [2.24, 2.45) is 0 Å². The van der Waals surface area contributed by atoms with Gasteiger partial charge in [-0.1, -0.05) is 34.1 Å². The molecule has 0 bridgehead atoms. The van der Waals surface area contributed by atoms with Gasteiger partial charge in [0, 0.05) is 35.5 Å². The van der Waals surface area contributed by atoms with Gasteiger partial charge < -0.3 is 10.2 Å². The van der Waals surface area contributed by atoms with E-state index in [4.69, 9.17) is 0 Å². The third kappa shape index (κ3) is 2.53. The third-order valence-corrected chi connectivity index (χ3v) is 4.05.